The van der Waals surface area contributed by atoms with E-state index in [1.807, 2.05) is 16.8 Å². The summed E-state index contributed by atoms with van der Waals surface area (Å²) < 4.78 is 0. The van der Waals surface area contributed by atoms with Gasteiger partial charge in [0.1, 0.15) is 0 Å². The van der Waals surface area contributed by atoms with Crippen molar-refractivity contribution in [1.29, 1.82) is 0 Å². The van der Waals surface area contributed by atoms with E-state index in [-0.39, 0.29) is 6.03 Å². The fourth-order valence-corrected chi connectivity index (χ4v) is 1.35. The Morgan fingerprint density at radius 1 is 1.31 bits per heavy atom. The first kappa shape index (κ1) is 10.4. The van der Waals surface area contributed by atoms with Crippen molar-refractivity contribution in [3.63, 3.8) is 0 Å². The highest BCUT2D eigenvalue weighted by Gasteiger charge is 2.26. The molecule has 2 amide bonds. The van der Waals surface area contributed by atoms with E-state index in [4.69, 9.17) is 0 Å². The molecule has 0 aromatic carbocycles. The lowest BCUT2D eigenvalue weighted by atomic mass is 10.1. The van der Waals surface area contributed by atoms with Gasteiger partial charge < -0.3 is 9.80 Å². The summed E-state index contributed by atoms with van der Waals surface area (Å²) in [6, 6.07) is 0.514. The smallest absolute Gasteiger partial charge is 0.319 e. The van der Waals surface area contributed by atoms with E-state index in [1.54, 1.807) is 0 Å². The number of nitrogens with zero attached hydrogens (tertiary/aromatic N) is 2. The highest BCUT2D eigenvalue weighted by atomic mass is 16.2. The Hall–Kier alpha value is -0.730. The van der Waals surface area contributed by atoms with Crippen molar-refractivity contribution >= 4 is 6.03 Å². The number of likely N-dealkylation sites (tertiary alicyclic amines) is 1. The number of hydrogen-bond acceptors (Lipinski definition) is 1. The van der Waals surface area contributed by atoms with E-state index < -0.39 is 0 Å². The lowest BCUT2D eigenvalue weighted by molar-refractivity contribution is 0.115. The second-order valence-electron chi connectivity index (χ2n) is 4.22. The maximum atomic E-state index is 11.7. The minimum absolute atomic E-state index is 0.187. The normalized spacial score (nSPS) is 18.4. The third-order valence-electron chi connectivity index (χ3n) is 3.00. The summed E-state index contributed by atoms with van der Waals surface area (Å²) in [7, 11) is 1.89. The van der Waals surface area contributed by atoms with Crippen LogP contribution in [-0.2, 0) is 0 Å². The zero-order valence-electron chi connectivity index (χ0n) is 9.08. The second-order valence-corrected chi connectivity index (χ2v) is 4.22. The number of carbonyl (C=O) groups is 1. The molecule has 0 bridgehead atoms. The Bertz CT molecular complexity index is 187. The molecule has 1 atom stereocenters. The van der Waals surface area contributed by atoms with Gasteiger partial charge in [-0.15, -0.1) is 0 Å². The van der Waals surface area contributed by atoms with Gasteiger partial charge in [0.05, 0.1) is 0 Å². The Kier molecular flexibility index (Phi) is 3.17. The third kappa shape index (κ3) is 2.14. The van der Waals surface area contributed by atoms with Crippen molar-refractivity contribution in [2.45, 2.75) is 33.2 Å². The van der Waals surface area contributed by atoms with E-state index in [9.17, 15) is 4.79 Å². The van der Waals surface area contributed by atoms with Crippen molar-refractivity contribution in [3.05, 3.63) is 0 Å². The molecule has 76 valence electrons. The minimum Gasteiger partial charge on any atom is -0.325 e. The van der Waals surface area contributed by atoms with Crippen LogP contribution in [0.3, 0.4) is 0 Å². The van der Waals surface area contributed by atoms with Gasteiger partial charge in [0.15, 0.2) is 0 Å². The molecule has 1 fully saturated rings. The van der Waals surface area contributed by atoms with Crippen molar-refractivity contribution in [1.82, 2.24) is 9.80 Å². The van der Waals surface area contributed by atoms with Crippen LogP contribution in [0.5, 0.6) is 0 Å². The molecule has 0 spiro atoms. The van der Waals surface area contributed by atoms with Crippen molar-refractivity contribution in [2.75, 3.05) is 20.1 Å². The fourth-order valence-electron chi connectivity index (χ4n) is 1.35. The lowest BCUT2D eigenvalue weighted by Crippen LogP contribution is -2.51. The monoisotopic (exact) mass is 184 g/mol. The van der Waals surface area contributed by atoms with Crippen LogP contribution in [0.2, 0.25) is 0 Å². The molecule has 0 saturated carbocycles. The molecule has 0 N–H and O–H groups in total. The number of hydrogen-bond donors (Lipinski definition) is 0. The number of amides is 2. The fraction of sp³-hybridized carbons (Fsp3) is 0.900. The molecular weight excluding hydrogens is 164 g/mol. The maximum absolute atomic E-state index is 11.7. The number of carbonyl (C=O) groups excluding carboxylic acids is 1. The zero-order valence-corrected chi connectivity index (χ0v) is 9.08. The summed E-state index contributed by atoms with van der Waals surface area (Å²) in [5.41, 5.74) is 0. The Labute approximate surface area is 80.7 Å². The average Bonchev–Trinajstić information content (AvgIpc) is 1.98. The van der Waals surface area contributed by atoms with E-state index in [1.165, 1.54) is 0 Å². The van der Waals surface area contributed by atoms with Crippen LogP contribution in [0, 0.1) is 5.92 Å². The lowest BCUT2D eigenvalue weighted by Gasteiger charge is -2.38. The van der Waals surface area contributed by atoms with Gasteiger partial charge in [-0.05, 0) is 19.3 Å². The third-order valence-corrected chi connectivity index (χ3v) is 3.00. The summed E-state index contributed by atoms with van der Waals surface area (Å²) in [5, 5.41) is 0. The van der Waals surface area contributed by atoms with Gasteiger partial charge in [-0.3, -0.25) is 0 Å². The molecule has 0 aliphatic carbocycles. The van der Waals surface area contributed by atoms with Crippen molar-refractivity contribution in [3.8, 4) is 0 Å². The molecule has 1 heterocycles. The highest BCUT2D eigenvalue weighted by Crippen LogP contribution is 2.14. The summed E-state index contributed by atoms with van der Waals surface area (Å²) in [5.74, 6) is 0.523. The summed E-state index contributed by atoms with van der Waals surface area (Å²) in [6.07, 6.45) is 1.16. The molecule has 0 unspecified atom stereocenters. The molecule has 3 nitrogen and oxygen atoms in total. The van der Waals surface area contributed by atoms with Crippen LogP contribution in [0.25, 0.3) is 0 Å². The molecule has 1 saturated heterocycles. The molecular formula is C10H20N2O. The van der Waals surface area contributed by atoms with E-state index in [0.29, 0.717) is 12.0 Å². The predicted octanol–water partition coefficient (Wildman–Crippen LogP) is 1.79. The van der Waals surface area contributed by atoms with Crippen LogP contribution in [-0.4, -0.2) is 42.0 Å². The van der Waals surface area contributed by atoms with Gasteiger partial charge >= 0.3 is 6.03 Å². The number of urea groups is 1. The van der Waals surface area contributed by atoms with Gasteiger partial charge in [0.2, 0.25) is 0 Å². The van der Waals surface area contributed by atoms with Crippen LogP contribution in [0.1, 0.15) is 27.2 Å². The Morgan fingerprint density at radius 3 is 2.15 bits per heavy atom. The quantitative estimate of drug-likeness (QED) is 0.641. The van der Waals surface area contributed by atoms with Crippen LogP contribution in [0.4, 0.5) is 4.79 Å². The van der Waals surface area contributed by atoms with Crippen molar-refractivity contribution < 1.29 is 4.79 Å². The second kappa shape index (κ2) is 3.99. The molecule has 13 heavy (non-hydrogen) atoms. The minimum atomic E-state index is 0.187. The van der Waals surface area contributed by atoms with Gasteiger partial charge in [0, 0.05) is 26.2 Å². The molecule has 3 heteroatoms. The highest BCUT2D eigenvalue weighted by molar-refractivity contribution is 5.75. The van der Waals surface area contributed by atoms with Crippen molar-refractivity contribution in [2.24, 2.45) is 5.92 Å². The van der Waals surface area contributed by atoms with Gasteiger partial charge in [-0.25, -0.2) is 4.79 Å². The van der Waals surface area contributed by atoms with Gasteiger partial charge in [-0.2, -0.15) is 0 Å². The van der Waals surface area contributed by atoms with Gasteiger partial charge in [0.25, 0.3) is 0 Å². The standard InChI is InChI=1S/C10H20N2O/c1-8(2)9(3)11(4)10(13)12-6-5-7-12/h8-9H,5-7H2,1-4H3/t9-/m0/s1. The zero-order chi connectivity index (χ0) is 10.0. The summed E-state index contributed by atoms with van der Waals surface area (Å²) in [4.78, 5) is 15.5. The van der Waals surface area contributed by atoms with Gasteiger partial charge in [-0.1, -0.05) is 13.8 Å². The molecule has 0 radical (unpaired) electrons. The Morgan fingerprint density at radius 2 is 1.85 bits per heavy atom. The average molecular weight is 184 g/mol. The van der Waals surface area contributed by atoms with Crippen LogP contribution >= 0.6 is 0 Å². The largest absolute Gasteiger partial charge is 0.325 e. The topological polar surface area (TPSA) is 23.6 Å². The first-order valence-corrected chi connectivity index (χ1v) is 5.05. The predicted molar refractivity (Wildman–Crippen MR) is 53.6 cm³/mol. The first-order valence-electron chi connectivity index (χ1n) is 5.05. The first-order chi connectivity index (χ1) is 6.04. The van der Waals surface area contributed by atoms with Crippen LogP contribution in [0.15, 0.2) is 0 Å². The molecule has 0 aromatic heterocycles. The molecule has 0 aromatic rings. The number of rotatable bonds is 2. The van der Waals surface area contributed by atoms with E-state index in [2.05, 4.69) is 20.8 Å². The van der Waals surface area contributed by atoms with E-state index >= 15 is 0 Å². The Balaban J connectivity index is 2.45. The van der Waals surface area contributed by atoms with Crippen LogP contribution < -0.4 is 0 Å². The summed E-state index contributed by atoms with van der Waals surface area (Å²) >= 11 is 0. The maximum Gasteiger partial charge on any atom is 0.319 e. The molecule has 1 rings (SSSR count). The molecule has 1 aliphatic rings. The molecule has 1 aliphatic heterocycles. The SMILES string of the molecule is CC(C)[C@H](C)N(C)C(=O)N1CCC1. The summed E-state index contributed by atoms with van der Waals surface area (Å²) in [6.45, 7) is 8.26. The van der Waals surface area contributed by atoms with E-state index in [0.717, 1.165) is 19.5 Å².